The molecule has 0 heterocycles. The molecule has 0 bridgehead atoms. The summed E-state index contributed by atoms with van der Waals surface area (Å²) in [6.07, 6.45) is 5.48. The SMILES string of the molecule is CC1C(=O)C(c2ccccc2)=C(c2ccccc2)C1(O)C1CCCCC1. The standard InChI is InChI=1S/C24H26O2/c1-17-23(25)21(18-11-5-2-6-12-18)22(19-13-7-3-8-14-19)24(17,26)20-15-9-4-10-16-20/h2-3,5-8,11-14,17,20,26H,4,9-10,15-16H2,1H3. The molecule has 0 radical (unpaired) electrons. The van der Waals surface area contributed by atoms with E-state index in [1.54, 1.807) is 0 Å². The van der Waals surface area contributed by atoms with Gasteiger partial charge in [-0.15, -0.1) is 0 Å². The fourth-order valence-electron chi connectivity index (χ4n) is 4.93. The Hall–Kier alpha value is -2.19. The van der Waals surface area contributed by atoms with Crippen LogP contribution >= 0.6 is 0 Å². The van der Waals surface area contributed by atoms with Crippen molar-refractivity contribution in [2.75, 3.05) is 0 Å². The molecule has 134 valence electrons. The highest BCUT2D eigenvalue weighted by molar-refractivity contribution is 6.33. The van der Waals surface area contributed by atoms with Crippen LogP contribution in [0.3, 0.4) is 0 Å². The van der Waals surface area contributed by atoms with Crippen molar-refractivity contribution >= 4 is 16.9 Å². The van der Waals surface area contributed by atoms with Crippen LogP contribution in [-0.2, 0) is 4.79 Å². The number of hydrogen-bond acceptors (Lipinski definition) is 2. The van der Waals surface area contributed by atoms with Crippen LogP contribution in [0.4, 0.5) is 0 Å². The lowest BCUT2D eigenvalue weighted by Crippen LogP contribution is -2.45. The van der Waals surface area contributed by atoms with Gasteiger partial charge >= 0.3 is 0 Å². The molecule has 2 aromatic rings. The Morgan fingerprint density at radius 3 is 1.96 bits per heavy atom. The summed E-state index contributed by atoms with van der Waals surface area (Å²) in [7, 11) is 0. The monoisotopic (exact) mass is 346 g/mol. The van der Waals surface area contributed by atoms with Crippen LogP contribution in [0.1, 0.15) is 50.2 Å². The molecule has 26 heavy (non-hydrogen) atoms. The molecule has 1 fully saturated rings. The first-order valence-electron chi connectivity index (χ1n) is 9.76. The lowest BCUT2D eigenvalue weighted by molar-refractivity contribution is -0.123. The average molecular weight is 346 g/mol. The van der Waals surface area contributed by atoms with Crippen molar-refractivity contribution in [1.82, 2.24) is 0 Å². The highest BCUT2D eigenvalue weighted by atomic mass is 16.3. The molecule has 1 saturated carbocycles. The molecule has 0 aliphatic heterocycles. The summed E-state index contributed by atoms with van der Waals surface area (Å²) in [5.41, 5.74) is 2.35. The Labute approximate surface area is 155 Å². The van der Waals surface area contributed by atoms with E-state index in [4.69, 9.17) is 0 Å². The zero-order valence-electron chi connectivity index (χ0n) is 15.3. The second-order valence-electron chi connectivity index (χ2n) is 7.73. The van der Waals surface area contributed by atoms with Gasteiger partial charge in [0.25, 0.3) is 0 Å². The Bertz CT molecular complexity index is 816. The molecule has 0 saturated heterocycles. The van der Waals surface area contributed by atoms with Crippen LogP contribution in [0.15, 0.2) is 60.7 Å². The van der Waals surface area contributed by atoms with Gasteiger partial charge in [0, 0.05) is 11.1 Å². The smallest absolute Gasteiger partial charge is 0.169 e. The molecule has 4 rings (SSSR count). The minimum atomic E-state index is -1.08. The third-order valence-electron chi connectivity index (χ3n) is 6.30. The molecule has 0 aromatic heterocycles. The fraction of sp³-hybridized carbons (Fsp3) is 0.375. The molecule has 1 N–H and O–H groups in total. The quantitative estimate of drug-likeness (QED) is 0.837. The maximum Gasteiger partial charge on any atom is 0.169 e. The molecule has 0 amide bonds. The first-order valence-corrected chi connectivity index (χ1v) is 9.76. The lowest BCUT2D eigenvalue weighted by Gasteiger charge is -2.40. The number of benzene rings is 2. The fourth-order valence-corrected chi connectivity index (χ4v) is 4.93. The van der Waals surface area contributed by atoms with Crippen LogP contribution in [0.25, 0.3) is 11.1 Å². The highest BCUT2D eigenvalue weighted by Crippen LogP contribution is 2.53. The number of rotatable bonds is 3. The zero-order chi connectivity index (χ0) is 18.1. The molecule has 2 aliphatic rings. The summed E-state index contributed by atoms with van der Waals surface area (Å²) in [4.78, 5) is 13.3. The van der Waals surface area contributed by atoms with Crippen molar-refractivity contribution in [1.29, 1.82) is 0 Å². The number of allylic oxidation sites excluding steroid dienone is 1. The molecular weight excluding hydrogens is 320 g/mol. The molecule has 2 unspecified atom stereocenters. The summed E-state index contributed by atoms with van der Waals surface area (Å²) >= 11 is 0. The number of carbonyl (C=O) groups is 1. The lowest BCUT2D eigenvalue weighted by atomic mass is 9.68. The van der Waals surface area contributed by atoms with Gasteiger partial charge < -0.3 is 5.11 Å². The third-order valence-corrected chi connectivity index (χ3v) is 6.30. The molecule has 2 nitrogen and oxygen atoms in total. The van der Waals surface area contributed by atoms with Crippen LogP contribution < -0.4 is 0 Å². The van der Waals surface area contributed by atoms with E-state index in [1.807, 2.05) is 67.6 Å². The van der Waals surface area contributed by atoms with E-state index in [0.717, 1.165) is 42.4 Å². The molecular formula is C24H26O2. The van der Waals surface area contributed by atoms with E-state index >= 15 is 0 Å². The predicted molar refractivity (Wildman–Crippen MR) is 105 cm³/mol. The van der Waals surface area contributed by atoms with E-state index in [0.29, 0.717) is 5.57 Å². The summed E-state index contributed by atoms with van der Waals surface area (Å²) < 4.78 is 0. The molecule has 0 spiro atoms. The Morgan fingerprint density at radius 2 is 1.38 bits per heavy atom. The van der Waals surface area contributed by atoms with Gasteiger partial charge in [0.1, 0.15) is 5.60 Å². The van der Waals surface area contributed by atoms with Crippen molar-refractivity contribution in [3.8, 4) is 0 Å². The van der Waals surface area contributed by atoms with Crippen LogP contribution in [0.2, 0.25) is 0 Å². The Balaban J connectivity index is 1.96. The maximum absolute atomic E-state index is 13.3. The van der Waals surface area contributed by atoms with Gasteiger partial charge in [-0.25, -0.2) is 0 Å². The van der Waals surface area contributed by atoms with Crippen LogP contribution in [0, 0.1) is 11.8 Å². The predicted octanol–water partition coefficient (Wildman–Crippen LogP) is 5.13. The van der Waals surface area contributed by atoms with E-state index < -0.39 is 11.5 Å². The van der Waals surface area contributed by atoms with Gasteiger partial charge in [-0.05, 0) is 29.9 Å². The number of Topliss-reactive ketones (excluding diaryl/α,β-unsaturated/α-hetero) is 1. The van der Waals surface area contributed by atoms with E-state index in [-0.39, 0.29) is 11.7 Å². The van der Waals surface area contributed by atoms with Crippen LogP contribution in [0.5, 0.6) is 0 Å². The van der Waals surface area contributed by atoms with Gasteiger partial charge in [-0.2, -0.15) is 0 Å². The maximum atomic E-state index is 13.3. The minimum absolute atomic E-state index is 0.0723. The van der Waals surface area contributed by atoms with Gasteiger partial charge in [-0.1, -0.05) is 86.8 Å². The second-order valence-corrected chi connectivity index (χ2v) is 7.73. The first-order chi connectivity index (χ1) is 12.6. The van der Waals surface area contributed by atoms with Crippen LogP contribution in [-0.4, -0.2) is 16.5 Å². The zero-order valence-corrected chi connectivity index (χ0v) is 15.3. The molecule has 2 aliphatic carbocycles. The second kappa shape index (κ2) is 6.85. The Morgan fingerprint density at radius 1 is 0.846 bits per heavy atom. The van der Waals surface area contributed by atoms with Gasteiger partial charge in [0.05, 0.1) is 5.92 Å². The summed E-state index contributed by atoms with van der Waals surface area (Å²) in [6, 6.07) is 19.8. The average Bonchev–Trinajstić information content (AvgIpc) is 2.92. The van der Waals surface area contributed by atoms with Crippen molar-refractivity contribution in [2.45, 2.75) is 44.6 Å². The van der Waals surface area contributed by atoms with Gasteiger partial charge in [-0.3, -0.25) is 4.79 Å². The summed E-state index contributed by atoms with van der Waals surface area (Å²) in [5.74, 6) is -0.189. The van der Waals surface area contributed by atoms with Crippen molar-refractivity contribution < 1.29 is 9.90 Å². The van der Waals surface area contributed by atoms with Gasteiger partial charge in [0.15, 0.2) is 5.78 Å². The van der Waals surface area contributed by atoms with Crippen molar-refractivity contribution in [3.63, 3.8) is 0 Å². The third kappa shape index (κ3) is 2.64. The van der Waals surface area contributed by atoms with E-state index in [2.05, 4.69) is 0 Å². The molecule has 2 heteroatoms. The minimum Gasteiger partial charge on any atom is -0.384 e. The summed E-state index contributed by atoms with van der Waals surface area (Å²) in [5, 5.41) is 12.0. The largest absolute Gasteiger partial charge is 0.384 e. The Kier molecular flexibility index (Phi) is 4.54. The topological polar surface area (TPSA) is 37.3 Å². The van der Waals surface area contributed by atoms with Gasteiger partial charge in [0.2, 0.25) is 0 Å². The van der Waals surface area contributed by atoms with E-state index in [1.165, 1.54) is 6.42 Å². The van der Waals surface area contributed by atoms with Crippen molar-refractivity contribution in [3.05, 3.63) is 71.8 Å². The van der Waals surface area contributed by atoms with E-state index in [9.17, 15) is 9.90 Å². The van der Waals surface area contributed by atoms with Crippen molar-refractivity contribution in [2.24, 2.45) is 11.8 Å². The molecule has 2 aromatic carbocycles. The highest BCUT2D eigenvalue weighted by Gasteiger charge is 2.55. The number of aliphatic hydroxyl groups is 1. The number of hydrogen-bond donors (Lipinski definition) is 1. The number of ketones is 1. The number of carbonyl (C=O) groups excluding carboxylic acids is 1. The molecule has 2 atom stereocenters. The normalized spacial score (nSPS) is 27.2. The first kappa shape index (κ1) is 17.2. The summed E-state index contributed by atoms with van der Waals surface area (Å²) in [6.45, 7) is 1.91.